The summed E-state index contributed by atoms with van der Waals surface area (Å²) in [5.74, 6) is -0.289. The van der Waals surface area contributed by atoms with Crippen molar-refractivity contribution in [1.29, 1.82) is 0 Å². The lowest BCUT2D eigenvalue weighted by Crippen LogP contribution is -2.42. The highest BCUT2D eigenvalue weighted by molar-refractivity contribution is 5.86. The minimum atomic E-state index is -4.68. The average Bonchev–Trinajstić information content (AvgIpc) is 2.28. The molecule has 0 saturated carbocycles. The van der Waals surface area contributed by atoms with Crippen LogP contribution in [0.4, 0.5) is 13.2 Å². The van der Waals surface area contributed by atoms with Crippen LogP contribution in [0.1, 0.15) is 11.6 Å². The Morgan fingerprint density at radius 2 is 1.85 bits per heavy atom. The van der Waals surface area contributed by atoms with Gasteiger partial charge >= 0.3 is 6.36 Å². The zero-order valence-electron chi connectivity index (χ0n) is 10.1. The van der Waals surface area contributed by atoms with E-state index in [1.807, 2.05) is 0 Å². The van der Waals surface area contributed by atoms with Crippen molar-refractivity contribution in [3.8, 4) is 5.75 Å². The van der Waals surface area contributed by atoms with Crippen molar-refractivity contribution >= 4 is 37.2 Å². The van der Waals surface area contributed by atoms with Crippen LogP contribution < -0.4 is 15.4 Å². The minimum absolute atomic E-state index is 0. The second-order valence-corrected chi connectivity index (χ2v) is 3.71. The van der Waals surface area contributed by atoms with Crippen molar-refractivity contribution in [2.24, 2.45) is 0 Å². The molecule has 0 amide bonds. The number of nitrogens with one attached hydrogen (secondary N) is 2. The van der Waals surface area contributed by atoms with Gasteiger partial charge in [-0.25, -0.2) is 0 Å². The molecule has 1 aromatic heterocycles. The SMILES string of the molecule is Cl.Cl.Cl.FC(F)(F)Oc1cncc(C2CNCCN2)c1. The normalized spacial score (nSPS) is 18.1. The summed E-state index contributed by atoms with van der Waals surface area (Å²) in [4.78, 5) is 3.75. The Morgan fingerprint density at radius 3 is 2.40 bits per heavy atom. The number of nitrogens with zero attached hydrogens (tertiary/aromatic N) is 1. The number of rotatable bonds is 2. The molecule has 118 valence electrons. The Kier molecular flexibility index (Phi) is 10.3. The van der Waals surface area contributed by atoms with E-state index in [9.17, 15) is 13.2 Å². The summed E-state index contributed by atoms with van der Waals surface area (Å²) in [6.45, 7) is 2.29. The number of aromatic nitrogens is 1. The minimum Gasteiger partial charge on any atom is -0.404 e. The molecule has 0 radical (unpaired) electrons. The first kappa shape index (κ1) is 21.8. The molecule has 1 aliphatic heterocycles. The molecule has 2 N–H and O–H groups in total. The summed E-state index contributed by atoms with van der Waals surface area (Å²) in [7, 11) is 0. The highest BCUT2D eigenvalue weighted by Crippen LogP contribution is 2.24. The summed E-state index contributed by atoms with van der Waals surface area (Å²) in [6, 6.07) is 1.32. The van der Waals surface area contributed by atoms with Crippen molar-refractivity contribution in [2.75, 3.05) is 19.6 Å². The van der Waals surface area contributed by atoms with Gasteiger partial charge in [0, 0.05) is 31.9 Å². The molecule has 4 nitrogen and oxygen atoms in total. The van der Waals surface area contributed by atoms with Crippen LogP contribution >= 0.6 is 37.2 Å². The summed E-state index contributed by atoms with van der Waals surface area (Å²) in [5.41, 5.74) is 0.680. The summed E-state index contributed by atoms with van der Waals surface area (Å²) in [5, 5.41) is 6.33. The van der Waals surface area contributed by atoms with Gasteiger partial charge in [0.15, 0.2) is 0 Å². The Bertz CT molecular complexity index is 390. The van der Waals surface area contributed by atoms with E-state index in [0.717, 1.165) is 19.3 Å². The summed E-state index contributed by atoms with van der Waals surface area (Å²) < 4.78 is 39.9. The van der Waals surface area contributed by atoms with E-state index >= 15 is 0 Å². The maximum atomic E-state index is 12.0. The van der Waals surface area contributed by atoms with E-state index in [2.05, 4.69) is 20.4 Å². The predicted molar refractivity (Wildman–Crippen MR) is 76.3 cm³/mol. The third-order valence-electron chi connectivity index (χ3n) is 2.41. The molecular formula is C10H15Cl3F3N3O. The van der Waals surface area contributed by atoms with Gasteiger partial charge in [-0.05, 0) is 11.6 Å². The molecule has 0 spiro atoms. The van der Waals surface area contributed by atoms with Crippen LogP contribution in [0.5, 0.6) is 5.75 Å². The quantitative estimate of drug-likeness (QED) is 0.855. The fourth-order valence-corrected chi connectivity index (χ4v) is 1.70. The second-order valence-electron chi connectivity index (χ2n) is 3.71. The average molecular weight is 357 g/mol. The van der Waals surface area contributed by atoms with Crippen LogP contribution in [0.2, 0.25) is 0 Å². The fourth-order valence-electron chi connectivity index (χ4n) is 1.70. The number of hydrogen-bond acceptors (Lipinski definition) is 4. The molecule has 1 aromatic rings. The number of hydrogen-bond donors (Lipinski definition) is 2. The van der Waals surface area contributed by atoms with Crippen LogP contribution in [0.25, 0.3) is 0 Å². The van der Waals surface area contributed by atoms with Gasteiger partial charge in [0.05, 0.1) is 6.20 Å². The lowest BCUT2D eigenvalue weighted by molar-refractivity contribution is -0.274. The molecule has 2 heterocycles. The maximum Gasteiger partial charge on any atom is 0.573 e. The monoisotopic (exact) mass is 355 g/mol. The molecule has 1 aliphatic rings. The van der Waals surface area contributed by atoms with Crippen molar-refractivity contribution < 1.29 is 17.9 Å². The van der Waals surface area contributed by atoms with E-state index in [-0.39, 0.29) is 49.0 Å². The zero-order valence-corrected chi connectivity index (χ0v) is 12.6. The van der Waals surface area contributed by atoms with Crippen LogP contribution in [0.3, 0.4) is 0 Å². The molecule has 1 unspecified atom stereocenters. The van der Waals surface area contributed by atoms with E-state index < -0.39 is 6.36 Å². The van der Waals surface area contributed by atoms with Crippen molar-refractivity contribution in [3.05, 3.63) is 24.0 Å². The second kappa shape index (κ2) is 9.46. The number of alkyl halides is 3. The Labute approximate surface area is 133 Å². The Balaban J connectivity index is 0. The molecule has 1 fully saturated rings. The van der Waals surface area contributed by atoms with Gasteiger partial charge in [-0.2, -0.15) is 0 Å². The van der Waals surface area contributed by atoms with Crippen molar-refractivity contribution in [1.82, 2.24) is 15.6 Å². The molecule has 20 heavy (non-hydrogen) atoms. The highest BCUT2D eigenvalue weighted by Gasteiger charge is 2.31. The third kappa shape index (κ3) is 6.81. The van der Waals surface area contributed by atoms with Gasteiger partial charge in [-0.3, -0.25) is 4.98 Å². The fraction of sp³-hybridized carbons (Fsp3) is 0.500. The van der Waals surface area contributed by atoms with E-state index in [4.69, 9.17) is 0 Å². The molecule has 0 aromatic carbocycles. The zero-order chi connectivity index (χ0) is 12.3. The summed E-state index contributed by atoms with van der Waals surface area (Å²) in [6.07, 6.45) is -2.10. The van der Waals surface area contributed by atoms with Gasteiger partial charge in [-0.15, -0.1) is 50.4 Å². The molecule has 1 saturated heterocycles. The third-order valence-corrected chi connectivity index (χ3v) is 2.41. The maximum absolute atomic E-state index is 12.0. The molecule has 0 aliphatic carbocycles. The van der Waals surface area contributed by atoms with Gasteiger partial charge in [0.1, 0.15) is 5.75 Å². The highest BCUT2D eigenvalue weighted by atomic mass is 35.5. The van der Waals surface area contributed by atoms with E-state index in [1.165, 1.54) is 12.3 Å². The van der Waals surface area contributed by atoms with Crippen LogP contribution in [0.15, 0.2) is 18.5 Å². The van der Waals surface area contributed by atoms with Crippen LogP contribution in [0, 0.1) is 0 Å². The van der Waals surface area contributed by atoms with E-state index in [0.29, 0.717) is 12.1 Å². The first-order chi connectivity index (χ1) is 8.04. The van der Waals surface area contributed by atoms with Crippen molar-refractivity contribution in [2.45, 2.75) is 12.4 Å². The van der Waals surface area contributed by atoms with Gasteiger partial charge in [0.25, 0.3) is 0 Å². The molecule has 1 atom stereocenters. The molecule has 2 rings (SSSR count). The first-order valence-electron chi connectivity index (χ1n) is 5.19. The summed E-state index contributed by atoms with van der Waals surface area (Å²) >= 11 is 0. The molecule has 0 bridgehead atoms. The number of ether oxygens (including phenoxy) is 1. The molecular weight excluding hydrogens is 341 g/mol. The Morgan fingerprint density at radius 1 is 1.15 bits per heavy atom. The molecule has 10 heteroatoms. The van der Waals surface area contributed by atoms with Crippen molar-refractivity contribution in [3.63, 3.8) is 0 Å². The largest absolute Gasteiger partial charge is 0.573 e. The first-order valence-corrected chi connectivity index (χ1v) is 5.19. The lowest BCUT2D eigenvalue weighted by atomic mass is 10.1. The number of pyridine rings is 1. The smallest absolute Gasteiger partial charge is 0.404 e. The lowest BCUT2D eigenvalue weighted by Gasteiger charge is -2.24. The van der Waals surface area contributed by atoms with Crippen LogP contribution in [-0.4, -0.2) is 31.0 Å². The van der Waals surface area contributed by atoms with Gasteiger partial charge in [0.2, 0.25) is 0 Å². The standard InChI is InChI=1S/C10H12F3N3O.3ClH/c11-10(12,13)17-8-3-7(4-15-5-8)9-6-14-1-2-16-9;;;/h3-5,9,14,16H,1-2,6H2;3*1H. The van der Waals surface area contributed by atoms with Crippen LogP contribution in [-0.2, 0) is 0 Å². The van der Waals surface area contributed by atoms with E-state index in [1.54, 1.807) is 0 Å². The number of piperazine rings is 1. The van der Waals surface area contributed by atoms with Gasteiger partial charge in [-0.1, -0.05) is 0 Å². The predicted octanol–water partition coefficient (Wildman–Crippen LogP) is 2.48. The van der Waals surface area contributed by atoms with Gasteiger partial charge < -0.3 is 15.4 Å². The Hall–Kier alpha value is -0.470. The number of halogens is 6. The topological polar surface area (TPSA) is 46.2 Å².